The predicted molar refractivity (Wildman–Crippen MR) is 287 cm³/mol. The van der Waals surface area contributed by atoms with Crippen LogP contribution in [0.3, 0.4) is 0 Å². The Kier molecular flexibility index (Phi) is 9.80. The van der Waals surface area contributed by atoms with Crippen molar-refractivity contribution in [1.29, 1.82) is 0 Å². The van der Waals surface area contributed by atoms with Crippen LogP contribution in [0.15, 0.2) is 271 Å². The molecule has 1 aliphatic heterocycles. The van der Waals surface area contributed by atoms with E-state index in [2.05, 4.69) is 254 Å². The van der Waals surface area contributed by atoms with E-state index in [-0.39, 0.29) is 0 Å². The molecule has 3 heteroatoms. The zero-order chi connectivity index (χ0) is 45.7. The number of hydrogen-bond acceptors (Lipinski definition) is 3. The molecule has 0 bridgehead atoms. The third kappa shape index (κ3) is 6.81. The first-order valence-electron chi connectivity index (χ1n) is 23.8. The molecule has 324 valence electrons. The summed E-state index contributed by atoms with van der Waals surface area (Å²) in [5.74, 6) is 1.59. The van der Waals surface area contributed by atoms with Crippen LogP contribution in [0, 0.1) is 0 Å². The first-order valence-corrected chi connectivity index (χ1v) is 23.8. The second kappa shape index (κ2) is 16.7. The minimum absolute atomic E-state index is 0.439. The van der Waals surface area contributed by atoms with Crippen LogP contribution < -0.4 is 5.32 Å². The lowest BCUT2D eigenvalue weighted by Crippen LogP contribution is -2.36. The van der Waals surface area contributed by atoms with Crippen molar-refractivity contribution >= 4 is 33.2 Å². The number of benzene rings is 11. The molecule has 0 amide bonds. The van der Waals surface area contributed by atoms with Gasteiger partial charge in [0.1, 0.15) is 11.7 Å². The van der Waals surface area contributed by atoms with E-state index in [1.165, 1.54) is 77.2 Å². The number of hydrogen-bond donors (Lipinski definition) is 1. The average molecular weight is 880 g/mol. The van der Waals surface area contributed by atoms with Crippen LogP contribution in [-0.4, -0.2) is 11.7 Å². The molecule has 1 N–H and O–H groups in total. The molecule has 2 aliphatic rings. The smallest absolute Gasteiger partial charge is 0.169 e. The fraction of sp³-hybridized carbons (Fsp3) is 0.0303. The number of aliphatic imine (C=N–C) groups is 2. The third-order valence-corrected chi connectivity index (χ3v) is 14.2. The summed E-state index contributed by atoms with van der Waals surface area (Å²) in [6.45, 7) is 0. The van der Waals surface area contributed by atoms with Gasteiger partial charge in [-0.15, -0.1) is 0 Å². The monoisotopic (exact) mass is 879 g/mol. The highest BCUT2D eigenvalue weighted by Crippen LogP contribution is 2.58. The Labute approximate surface area is 402 Å². The lowest BCUT2D eigenvalue weighted by atomic mass is 9.67. The fourth-order valence-corrected chi connectivity index (χ4v) is 11.0. The van der Waals surface area contributed by atoms with Gasteiger partial charge in [-0.3, -0.25) is 0 Å². The van der Waals surface area contributed by atoms with Crippen molar-refractivity contribution in [1.82, 2.24) is 5.32 Å². The van der Waals surface area contributed by atoms with Gasteiger partial charge in [-0.25, -0.2) is 9.98 Å². The molecule has 0 aromatic heterocycles. The maximum Gasteiger partial charge on any atom is 0.169 e. The Morgan fingerprint density at radius 1 is 0.319 bits per heavy atom. The van der Waals surface area contributed by atoms with Crippen molar-refractivity contribution in [3.8, 4) is 44.5 Å². The molecule has 1 heterocycles. The standard InChI is InChI=1S/C66H45N3/c1-4-17-44(18-5-1)51-23-16-24-52(43-51)65-68-63(49-21-6-2-7-22-49)67-64(69-65)50-33-31-48(32-34-50)61-55-27-12-10-19-45(55)37-41-57(61)47-35-39-54(40-36-47)66(53-25-8-3-9-26-53)59-30-15-14-29-58(59)62-56-28-13-11-20-46(56)38-42-60(62)66/h1-43,64H,(H,67,68,69). The molecule has 0 saturated carbocycles. The molecule has 0 radical (unpaired) electrons. The molecule has 11 aromatic carbocycles. The SMILES string of the molecule is c1ccc(C2=NC(c3ccc(-c4c(-c5ccc(C6(c7ccccc7)c7ccccc7-c7c6ccc6ccccc76)cc5)ccc5ccccc45)cc3)N=C(c3cccc(-c4ccccc4)c3)N2)cc1. The summed E-state index contributed by atoms with van der Waals surface area (Å²) in [6.07, 6.45) is -0.439. The zero-order valence-electron chi connectivity index (χ0n) is 37.8. The van der Waals surface area contributed by atoms with Crippen molar-refractivity contribution in [2.45, 2.75) is 11.6 Å². The minimum Gasteiger partial charge on any atom is -0.324 e. The van der Waals surface area contributed by atoms with Crippen LogP contribution in [0.4, 0.5) is 0 Å². The summed E-state index contributed by atoms with van der Waals surface area (Å²) in [5, 5.41) is 8.55. The summed E-state index contributed by atoms with van der Waals surface area (Å²) >= 11 is 0. The molecule has 11 aromatic rings. The van der Waals surface area contributed by atoms with Gasteiger partial charge in [-0.05, 0) is 99.9 Å². The van der Waals surface area contributed by atoms with Crippen LogP contribution in [0.5, 0.6) is 0 Å². The number of rotatable bonds is 8. The van der Waals surface area contributed by atoms with E-state index in [4.69, 9.17) is 9.98 Å². The van der Waals surface area contributed by atoms with Crippen molar-refractivity contribution in [2.75, 3.05) is 0 Å². The summed E-state index contributed by atoms with van der Waals surface area (Å²) in [6, 6.07) is 94.6. The lowest BCUT2D eigenvalue weighted by molar-refractivity contribution is 0.756. The summed E-state index contributed by atoms with van der Waals surface area (Å²) < 4.78 is 0. The maximum absolute atomic E-state index is 5.28. The van der Waals surface area contributed by atoms with Gasteiger partial charge in [0.15, 0.2) is 6.17 Å². The molecule has 0 saturated heterocycles. The van der Waals surface area contributed by atoms with E-state index in [1.807, 2.05) is 12.1 Å². The number of nitrogens with zero attached hydrogens (tertiary/aromatic N) is 2. The van der Waals surface area contributed by atoms with Crippen molar-refractivity contribution in [3.63, 3.8) is 0 Å². The van der Waals surface area contributed by atoms with Crippen molar-refractivity contribution in [2.24, 2.45) is 9.98 Å². The van der Waals surface area contributed by atoms with Crippen LogP contribution in [0.25, 0.3) is 66.1 Å². The number of nitrogens with one attached hydrogen (secondary N) is 1. The highest BCUT2D eigenvalue weighted by molar-refractivity contribution is 6.16. The molecule has 2 atom stereocenters. The van der Waals surface area contributed by atoms with Crippen molar-refractivity contribution in [3.05, 3.63) is 300 Å². The second-order valence-corrected chi connectivity index (χ2v) is 18.0. The summed E-state index contributed by atoms with van der Waals surface area (Å²) in [5.41, 5.74) is 17.3. The molecule has 13 rings (SSSR count). The molecule has 0 fully saturated rings. The summed E-state index contributed by atoms with van der Waals surface area (Å²) in [7, 11) is 0. The van der Waals surface area contributed by atoms with Crippen LogP contribution in [0.2, 0.25) is 0 Å². The Balaban J connectivity index is 0.913. The molecule has 3 nitrogen and oxygen atoms in total. The van der Waals surface area contributed by atoms with E-state index < -0.39 is 11.6 Å². The van der Waals surface area contributed by atoms with Crippen LogP contribution in [-0.2, 0) is 5.41 Å². The predicted octanol–water partition coefficient (Wildman–Crippen LogP) is 15.9. The second-order valence-electron chi connectivity index (χ2n) is 18.0. The number of fused-ring (bicyclic) bond motifs is 6. The first-order chi connectivity index (χ1) is 34.2. The van der Waals surface area contributed by atoms with E-state index in [0.717, 1.165) is 39.5 Å². The van der Waals surface area contributed by atoms with E-state index in [1.54, 1.807) is 0 Å². The van der Waals surface area contributed by atoms with Gasteiger partial charge < -0.3 is 5.32 Å². The molecule has 2 unspecified atom stereocenters. The van der Waals surface area contributed by atoms with Gasteiger partial charge in [-0.1, -0.05) is 255 Å². The Bertz CT molecular complexity index is 3780. The Hall–Kier alpha value is -8.92. The topological polar surface area (TPSA) is 36.8 Å². The van der Waals surface area contributed by atoms with Crippen LogP contribution in [0.1, 0.15) is 45.1 Å². The molecule has 69 heavy (non-hydrogen) atoms. The molecular formula is C66H45N3. The normalized spacial score (nSPS) is 16.0. The Morgan fingerprint density at radius 2 is 0.855 bits per heavy atom. The van der Waals surface area contributed by atoms with E-state index >= 15 is 0 Å². The quantitative estimate of drug-likeness (QED) is 0.162. The minimum atomic E-state index is -0.498. The van der Waals surface area contributed by atoms with Crippen LogP contribution >= 0.6 is 0 Å². The van der Waals surface area contributed by atoms with Gasteiger partial charge in [0.05, 0.1) is 5.41 Å². The zero-order valence-corrected chi connectivity index (χ0v) is 37.8. The van der Waals surface area contributed by atoms with Gasteiger partial charge in [0.2, 0.25) is 0 Å². The lowest BCUT2D eigenvalue weighted by Gasteiger charge is -2.34. The molecular weight excluding hydrogens is 835 g/mol. The molecule has 1 aliphatic carbocycles. The van der Waals surface area contributed by atoms with Gasteiger partial charge in [0.25, 0.3) is 0 Å². The Morgan fingerprint density at radius 3 is 1.58 bits per heavy atom. The summed E-state index contributed by atoms with van der Waals surface area (Å²) in [4.78, 5) is 10.5. The van der Waals surface area contributed by atoms with E-state index in [0.29, 0.717) is 0 Å². The average Bonchev–Trinajstić information content (AvgIpc) is 3.75. The maximum atomic E-state index is 5.28. The van der Waals surface area contributed by atoms with Gasteiger partial charge >= 0.3 is 0 Å². The highest BCUT2D eigenvalue weighted by atomic mass is 15.2. The van der Waals surface area contributed by atoms with Gasteiger partial charge in [0, 0.05) is 11.1 Å². The molecule has 0 spiro atoms. The highest BCUT2D eigenvalue weighted by Gasteiger charge is 2.46. The first kappa shape index (κ1) is 40.4. The number of amidine groups is 2. The third-order valence-electron chi connectivity index (χ3n) is 14.2. The largest absolute Gasteiger partial charge is 0.324 e. The van der Waals surface area contributed by atoms with Crippen molar-refractivity contribution < 1.29 is 0 Å². The fourth-order valence-electron chi connectivity index (χ4n) is 11.0. The van der Waals surface area contributed by atoms with Gasteiger partial charge in [-0.2, -0.15) is 0 Å². The van der Waals surface area contributed by atoms with E-state index in [9.17, 15) is 0 Å².